The van der Waals surface area contributed by atoms with Gasteiger partial charge in [0.15, 0.2) is 0 Å². The number of rotatable bonds is 4. The molecule has 2 heterocycles. The Morgan fingerprint density at radius 3 is 2.83 bits per heavy atom. The molecule has 104 valence electrons. The molecule has 0 saturated carbocycles. The van der Waals surface area contributed by atoms with Crippen LogP contribution in [-0.2, 0) is 4.79 Å². The van der Waals surface area contributed by atoms with Crippen molar-refractivity contribution in [2.75, 3.05) is 46.8 Å². The first-order chi connectivity index (χ1) is 8.57. The van der Waals surface area contributed by atoms with E-state index in [0.29, 0.717) is 11.8 Å². The first-order valence-corrected chi connectivity index (χ1v) is 7.22. The van der Waals surface area contributed by atoms with Crippen LogP contribution in [-0.4, -0.2) is 62.5 Å². The van der Waals surface area contributed by atoms with Gasteiger partial charge in [-0.2, -0.15) is 0 Å². The summed E-state index contributed by atoms with van der Waals surface area (Å²) in [6.45, 7) is 7.21. The lowest BCUT2D eigenvalue weighted by molar-refractivity contribution is -0.140. The predicted molar refractivity (Wildman–Crippen MR) is 73.5 cm³/mol. The van der Waals surface area contributed by atoms with E-state index in [1.807, 2.05) is 11.9 Å². The number of nitrogens with one attached hydrogen (secondary N) is 1. The summed E-state index contributed by atoms with van der Waals surface area (Å²) in [4.78, 5) is 17.0. The molecular weight excluding hydrogens is 226 g/mol. The average Bonchev–Trinajstić information content (AvgIpc) is 2.98. The summed E-state index contributed by atoms with van der Waals surface area (Å²) in [6.07, 6.45) is 3.18. The standard InChI is InChI=1S/C14H27N3O/c1-4-14(6-7-15-11-14)13(18)17(3)10-12-5-8-16(2)9-12/h12,15H,4-11H2,1-3H3. The highest BCUT2D eigenvalue weighted by Gasteiger charge is 2.41. The summed E-state index contributed by atoms with van der Waals surface area (Å²) in [6, 6.07) is 0. The van der Waals surface area contributed by atoms with Crippen molar-refractivity contribution in [1.82, 2.24) is 15.1 Å². The van der Waals surface area contributed by atoms with Crippen molar-refractivity contribution in [2.45, 2.75) is 26.2 Å². The molecule has 2 atom stereocenters. The lowest BCUT2D eigenvalue weighted by Gasteiger charge is -2.32. The largest absolute Gasteiger partial charge is 0.345 e. The van der Waals surface area contributed by atoms with Crippen LogP contribution in [0.3, 0.4) is 0 Å². The molecule has 0 bridgehead atoms. The Balaban J connectivity index is 1.91. The molecular formula is C14H27N3O. The van der Waals surface area contributed by atoms with Crippen LogP contribution in [0.4, 0.5) is 0 Å². The molecule has 0 aromatic heterocycles. The van der Waals surface area contributed by atoms with Gasteiger partial charge in [-0.3, -0.25) is 4.79 Å². The molecule has 1 amide bonds. The Kier molecular flexibility index (Phi) is 4.28. The summed E-state index contributed by atoms with van der Waals surface area (Å²) < 4.78 is 0. The van der Waals surface area contributed by atoms with Crippen molar-refractivity contribution in [3.05, 3.63) is 0 Å². The molecule has 2 rings (SSSR count). The maximum atomic E-state index is 12.6. The minimum absolute atomic E-state index is 0.126. The van der Waals surface area contributed by atoms with Gasteiger partial charge in [0, 0.05) is 26.7 Å². The molecule has 2 aliphatic rings. The van der Waals surface area contributed by atoms with Gasteiger partial charge in [0.25, 0.3) is 0 Å². The number of amides is 1. The third-order valence-corrected chi connectivity index (χ3v) is 4.74. The molecule has 0 aliphatic carbocycles. The van der Waals surface area contributed by atoms with Gasteiger partial charge in [0.05, 0.1) is 5.41 Å². The SMILES string of the molecule is CCC1(C(=O)N(C)CC2CCN(C)C2)CCNC1. The summed E-state index contributed by atoms with van der Waals surface area (Å²) in [5, 5.41) is 3.34. The molecule has 0 spiro atoms. The second kappa shape index (κ2) is 5.57. The molecule has 4 heteroatoms. The Bertz CT molecular complexity index is 299. The van der Waals surface area contributed by atoms with Crippen LogP contribution in [0.15, 0.2) is 0 Å². The third kappa shape index (κ3) is 2.69. The van der Waals surface area contributed by atoms with Gasteiger partial charge < -0.3 is 15.1 Å². The third-order valence-electron chi connectivity index (χ3n) is 4.74. The molecule has 2 aliphatic heterocycles. The normalized spacial score (nSPS) is 32.9. The minimum Gasteiger partial charge on any atom is -0.345 e. The van der Waals surface area contributed by atoms with Crippen LogP contribution in [0, 0.1) is 11.3 Å². The topological polar surface area (TPSA) is 35.6 Å². The van der Waals surface area contributed by atoms with E-state index in [2.05, 4.69) is 24.2 Å². The van der Waals surface area contributed by atoms with E-state index in [0.717, 1.165) is 39.0 Å². The summed E-state index contributed by atoms with van der Waals surface area (Å²) in [5.74, 6) is 1.01. The maximum Gasteiger partial charge on any atom is 0.229 e. The average molecular weight is 253 g/mol. The van der Waals surface area contributed by atoms with Gasteiger partial charge in [0.2, 0.25) is 5.91 Å². The highest BCUT2D eigenvalue weighted by atomic mass is 16.2. The van der Waals surface area contributed by atoms with Crippen LogP contribution < -0.4 is 5.32 Å². The summed E-state index contributed by atoms with van der Waals surface area (Å²) in [5.41, 5.74) is -0.126. The van der Waals surface area contributed by atoms with E-state index >= 15 is 0 Å². The van der Waals surface area contributed by atoms with Crippen molar-refractivity contribution in [1.29, 1.82) is 0 Å². The quantitative estimate of drug-likeness (QED) is 0.804. The van der Waals surface area contributed by atoms with Gasteiger partial charge in [-0.25, -0.2) is 0 Å². The summed E-state index contributed by atoms with van der Waals surface area (Å²) >= 11 is 0. The number of likely N-dealkylation sites (tertiary alicyclic amines) is 1. The van der Waals surface area contributed by atoms with Crippen molar-refractivity contribution in [2.24, 2.45) is 11.3 Å². The zero-order valence-electron chi connectivity index (χ0n) is 12.0. The highest BCUT2D eigenvalue weighted by molar-refractivity contribution is 5.83. The fraction of sp³-hybridized carbons (Fsp3) is 0.929. The van der Waals surface area contributed by atoms with Crippen LogP contribution in [0.2, 0.25) is 0 Å². The zero-order chi connectivity index (χ0) is 13.2. The molecule has 2 saturated heterocycles. The van der Waals surface area contributed by atoms with Gasteiger partial charge in [0.1, 0.15) is 0 Å². The van der Waals surface area contributed by atoms with E-state index in [9.17, 15) is 4.79 Å². The Morgan fingerprint density at radius 1 is 1.56 bits per heavy atom. The van der Waals surface area contributed by atoms with Gasteiger partial charge in [-0.15, -0.1) is 0 Å². The van der Waals surface area contributed by atoms with Gasteiger partial charge in [-0.1, -0.05) is 6.92 Å². The number of hydrogen-bond donors (Lipinski definition) is 1. The van der Waals surface area contributed by atoms with Crippen molar-refractivity contribution >= 4 is 5.91 Å². The fourth-order valence-electron chi connectivity index (χ4n) is 3.43. The lowest BCUT2D eigenvalue weighted by Crippen LogP contribution is -2.45. The van der Waals surface area contributed by atoms with E-state index in [4.69, 9.17) is 0 Å². The van der Waals surface area contributed by atoms with Crippen LogP contribution in [0.1, 0.15) is 26.2 Å². The number of nitrogens with zero attached hydrogens (tertiary/aromatic N) is 2. The van der Waals surface area contributed by atoms with Crippen molar-refractivity contribution < 1.29 is 4.79 Å². The van der Waals surface area contributed by atoms with Crippen LogP contribution >= 0.6 is 0 Å². The van der Waals surface area contributed by atoms with Crippen LogP contribution in [0.5, 0.6) is 0 Å². The number of carbonyl (C=O) groups excluding carboxylic acids is 1. The van der Waals surface area contributed by atoms with Crippen molar-refractivity contribution in [3.63, 3.8) is 0 Å². The molecule has 2 unspecified atom stereocenters. The second-order valence-corrected chi connectivity index (χ2v) is 6.16. The second-order valence-electron chi connectivity index (χ2n) is 6.16. The molecule has 2 fully saturated rings. The molecule has 1 N–H and O–H groups in total. The predicted octanol–water partition coefficient (Wildman–Crippen LogP) is 0.786. The zero-order valence-corrected chi connectivity index (χ0v) is 12.0. The molecule has 18 heavy (non-hydrogen) atoms. The van der Waals surface area contributed by atoms with Crippen LogP contribution in [0.25, 0.3) is 0 Å². The number of carbonyl (C=O) groups is 1. The monoisotopic (exact) mass is 253 g/mol. The lowest BCUT2D eigenvalue weighted by atomic mass is 9.82. The van der Waals surface area contributed by atoms with E-state index in [-0.39, 0.29) is 5.41 Å². The fourth-order valence-corrected chi connectivity index (χ4v) is 3.43. The van der Waals surface area contributed by atoms with Gasteiger partial charge >= 0.3 is 0 Å². The van der Waals surface area contributed by atoms with E-state index in [1.54, 1.807) is 0 Å². The first kappa shape index (κ1) is 13.8. The smallest absolute Gasteiger partial charge is 0.229 e. The molecule has 0 radical (unpaired) electrons. The van der Waals surface area contributed by atoms with E-state index in [1.165, 1.54) is 13.0 Å². The molecule has 0 aromatic carbocycles. The first-order valence-electron chi connectivity index (χ1n) is 7.22. The highest BCUT2D eigenvalue weighted by Crippen LogP contribution is 2.32. The molecule has 0 aromatic rings. The van der Waals surface area contributed by atoms with E-state index < -0.39 is 0 Å². The molecule has 4 nitrogen and oxygen atoms in total. The Hall–Kier alpha value is -0.610. The number of hydrogen-bond acceptors (Lipinski definition) is 3. The van der Waals surface area contributed by atoms with Crippen molar-refractivity contribution in [3.8, 4) is 0 Å². The summed E-state index contributed by atoms with van der Waals surface area (Å²) in [7, 11) is 4.15. The van der Waals surface area contributed by atoms with Gasteiger partial charge in [-0.05, 0) is 45.3 Å². The maximum absolute atomic E-state index is 12.6. The minimum atomic E-state index is -0.126. The Labute approximate surface area is 111 Å². The Morgan fingerprint density at radius 2 is 2.33 bits per heavy atom.